The van der Waals surface area contributed by atoms with Gasteiger partial charge >= 0.3 is 5.97 Å². The van der Waals surface area contributed by atoms with Crippen molar-refractivity contribution in [2.45, 2.75) is 19.9 Å². The standard InChI is InChI=1S/C25H22N2O5/c1-14-10-18(15(2)27-20-7-5-4-6-17(20)25(29)30)24-19(11-14)21(28)12-22(32-24)16-8-9-23(31-3)26-13-16/h4-13,15,27H,1-3H3,(H,29,30). The number of anilines is 1. The number of para-hydroxylation sites is 1. The Balaban J connectivity index is 1.82. The zero-order valence-corrected chi connectivity index (χ0v) is 17.9. The summed E-state index contributed by atoms with van der Waals surface area (Å²) in [6.45, 7) is 3.80. The van der Waals surface area contributed by atoms with Crippen LogP contribution in [0.4, 0.5) is 5.69 Å². The Kier molecular flexibility index (Phi) is 5.64. The van der Waals surface area contributed by atoms with Crippen LogP contribution in [-0.4, -0.2) is 23.2 Å². The van der Waals surface area contributed by atoms with Gasteiger partial charge in [-0.3, -0.25) is 4.79 Å². The van der Waals surface area contributed by atoms with Crippen LogP contribution in [0.3, 0.4) is 0 Å². The lowest BCUT2D eigenvalue weighted by Crippen LogP contribution is -2.12. The van der Waals surface area contributed by atoms with Gasteiger partial charge in [0, 0.05) is 35.1 Å². The van der Waals surface area contributed by atoms with E-state index in [9.17, 15) is 14.7 Å². The zero-order valence-electron chi connectivity index (χ0n) is 17.9. The van der Waals surface area contributed by atoms with Crippen LogP contribution in [0.1, 0.15) is 34.5 Å². The summed E-state index contributed by atoms with van der Waals surface area (Å²) in [5, 5.41) is 13.2. The molecule has 0 aliphatic heterocycles. The molecule has 162 valence electrons. The smallest absolute Gasteiger partial charge is 0.337 e. The second-order valence-corrected chi connectivity index (χ2v) is 7.51. The summed E-state index contributed by atoms with van der Waals surface area (Å²) < 4.78 is 11.3. The number of fused-ring (bicyclic) bond motifs is 1. The number of aromatic nitrogens is 1. The number of methoxy groups -OCH3 is 1. The van der Waals surface area contributed by atoms with E-state index in [-0.39, 0.29) is 17.0 Å². The quantitative estimate of drug-likeness (QED) is 0.442. The largest absolute Gasteiger partial charge is 0.481 e. The molecule has 1 atom stereocenters. The Labute approximate surface area is 184 Å². The van der Waals surface area contributed by atoms with E-state index in [2.05, 4.69) is 10.3 Å². The highest BCUT2D eigenvalue weighted by Crippen LogP contribution is 2.31. The Morgan fingerprint density at radius 2 is 1.94 bits per heavy atom. The fourth-order valence-electron chi connectivity index (χ4n) is 3.65. The molecular formula is C25H22N2O5. The van der Waals surface area contributed by atoms with Crippen LogP contribution in [0.15, 0.2) is 70.0 Å². The van der Waals surface area contributed by atoms with Crippen molar-refractivity contribution in [2.75, 3.05) is 12.4 Å². The highest BCUT2D eigenvalue weighted by molar-refractivity contribution is 5.94. The molecule has 0 aliphatic carbocycles. The van der Waals surface area contributed by atoms with E-state index in [0.29, 0.717) is 33.9 Å². The second kappa shape index (κ2) is 8.55. The average Bonchev–Trinajstić information content (AvgIpc) is 2.79. The molecule has 2 aromatic heterocycles. The Morgan fingerprint density at radius 1 is 1.16 bits per heavy atom. The third-order valence-electron chi connectivity index (χ3n) is 5.23. The summed E-state index contributed by atoms with van der Waals surface area (Å²) in [6.07, 6.45) is 1.58. The number of ether oxygens (including phenoxy) is 1. The molecule has 4 rings (SSSR count). The van der Waals surface area contributed by atoms with Crippen LogP contribution in [0.5, 0.6) is 5.88 Å². The molecule has 0 saturated heterocycles. The van der Waals surface area contributed by atoms with Gasteiger partial charge in [-0.2, -0.15) is 0 Å². The average molecular weight is 430 g/mol. The first-order valence-electron chi connectivity index (χ1n) is 10.0. The molecule has 0 fully saturated rings. The van der Waals surface area contributed by atoms with E-state index in [1.807, 2.05) is 19.9 Å². The van der Waals surface area contributed by atoms with Crippen molar-refractivity contribution < 1.29 is 19.1 Å². The van der Waals surface area contributed by atoms with Crippen LogP contribution in [-0.2, 0) is 0 Å². The number of pyridine rings is 1. The maximum absolute atomic E-state index is 12.9. The van der Waals surface area contributed by atoms with Crippen molar-refractivity contribution in [1.29, 1.82) is 0 Å². The molecule has 0 aliphatic rings. The first-order chi connectivity index (χ1) is 15.4. The van der Waals surface area contributed by atoms with Gasteiger partial charge < -0.3 is 19.6 Å². The molecule has 0 amide bonds. The van der Waals surface area contributed by atoms with Gasteiger partial charge in [0.25, 0.3) is 0 Å². The van der Waals surface area contributed by atoms with Gasteiger partial charge in [0.15, 0.2) is 5.43 Å². The minimum atomic E-state index is -1.02. The highest BCUT2D eigenvalue weighted by Gasteiger charge is 2.18. The summed E-state index contributed by atoms with van der Waals surface area (Å²) in [7, 11) is 1.53. The number of rotatable bonds is 6. The van der Waals surface area contributed by atoms with Gasteiger partial charge in [-0.1, -0.05) is 18.2 Å². The van der Waals surface area contributed by atoms with Crippen LogP contribution >= 0.6 is 0 Å². The van der Waals surface area contributed by atoms with Gasteiger partial charge in [-0.25, -0.2) is 9.78 Å². The summed E-state index contributed by atoms with van der Waals surface area (Å²) in [5.74, 6) is -0.167. The van der Waals surface area contributed by atoms with Gasteiger partial charge in [0.2, 0.25) is 5.88 Å². The van der Waals surface area contributed by atoms with E-state index in [1.165, 1.54) is 13.2 Å². The Morgan fingerprint density at radius 3 is 2.62 bits per heavy atom. The van der Waals surface area contributed by atoms with E-state index in [0.717, 1.165) is 11.1 Å². The number of hydrogen-bond acceptors (Lipinski definition) is 6. The normalized spacial score (nSPS) is 11.8. The van der Waals surface area contributed by atoms with Crippen molar-refractivity contribution in [2.24, 2.45) is 0 Å². The van der Waals surface area contributed by atoms with Crippen LogP contribution < -0.4 is 15.5 Å². The number of carbonyl (C=O) groups is 1. The maximum Gasteiger partial charge on any atom is 0.337 e. The fourth-order valence-corrected chi connectivity index (χ4v) is 3.65. The van der Waals surface area contributed by atoms with Crippen molar-refractivity contribution in [3.8, 4) is 17.2 Å². The molecule has 2 N–H and O–H groups in total. The molecule has 32 heavy (non-hydrogen) atoms. The monoisotopic (exact) mass is 430 g/mol. The topological polar surface area (TPSA) is 102 Å². The molecule has 7 heteroatoms. The predicted octanol–water partition coefficient (Wildman–Crippen LogP) is 5.04. The van der Waals surface area contributed by atoms with Gasteiger partial charge in [-0.05, 0) is 43.7 Å². The zero-order chi connectivity index (χ0) is 22.8. The van der Waals surface area contributed by atoms with Gasteiger partial charge in [0.1, 0.15) is 11.3 Å². The molecule has 0 bridgehead atoms. The van der Waals surface area contributed by atoms with Crippen LogP contribution in [0.2, 0.25) is 0 Å². The molecule has 7 nitrogen and oxygen atoms in total. The molecule has 2 aromatic carbocycles. The predicted molar refractivity (Wildman–Crippen MR) is 122 cm³/mol. The minimum absolute atomic E-state index is 0.167. The Hall–Kier alpha value is -4.13. The summed E-state index contributed by atoms with van der Waals surface area (Å²) in [5.41, 5.74) is 3.23. The summed E-state index contributed by atoms with van der Waals surface area (Å²) in [4.78, 5) is 28.7. The number of nitrogens with one attached hydrogen (secondary N) is 1. The lowest BCUT2D eigenvalue weighted by atomic mass is 10.00. The second-order valence-electron chi connectivity index (χ2n) is 7.51. The van der Waals surface area contributed by atoms with E-state index in [4.69, 9.17) is 9.15 Å². The van der Waals surface area contributed by atoms with Crippen molar-refractivity contribution in [3.63, 3.8) is 0 Å². The highest BCUT2D eigenvalue weighted by atomic mass is 16.5. The number of nitrogens with zero attached hydrogens (tertiary/aromatic N) is 1. The fraction of sp³-hybridized carbons (Fsp3) is 0.160. The molecule has 2 heterocycles. The maximum atomic E-state index is 12.9. The summed E-state index contributed by atoms with van der Waals surface area (Å²) in [6, 6.07) is 15.0. The number of carboxylic acid groups (broad SMARTS) is 1. The third kappa shape index (κ3) is 4.05. The van der Waals surface area contributed by atoms with Gasteiger partial charge in [-0.15, -0.1) is 0 Å². The summed E-state index contributed by atoms with van der Waals surface area (Å²) >= 11 is 0. The SMILES string of the molecule is COc1ccc(-c2cc(=O)c3cc(C)cc(C(C)Nc4ccccc4C(=O)O)c3o2)cn1. The first kappa shape index (κ1) is 21.1. The number of hydrogen-bond donors (Lipinski definition) is 2. The molecule has 4 aromatic rings. The molecular weight excluding hydrogens is 408 g/mol. The lowest BCUT2D eigenvalue weighted by molar-refractivity contribution is 0.0698. The van der Waals surface area contributed by atoms with Crippen molar-refractivity contribution >= 4 is 22.6 Å². The lowest BCUT2D eigenvalue weighted by Gasteiger charge is -2.19. The number of aromatic carboxylic acids is 1. The Bertz CT molecular complexity index is 1360. The molecule has 0 spiro atoms. The molecule has 0 saturated carbocycles. The minimum Gasteiger partial charge on any atom is -0.481 e. The molecule has 1 unspecified atom stereocenters. The van der Waals surface area contributed by atoms with E-state index >= 15 is 0 Å². The van der Waals surface area contributed by atoms with Gasteiger partial charge in [0.05, 0.1) is 24.1 Å². The number of carboxylic acids is 1. The van der Waals surface area contributed by atoms with Crippen molar-refractivity contribution in [1.82, 2.24) is 4.98 Å². The van der Waals surface area contributed by atoms with E-state index < -0.39 is 5.97 Å². The number of benzene rings is 2. The van der Waals surface area contributed by atoms with Crippen molar-refractivity contribution in [3.05, 3.63) is 87.7 Å². The first-order valence-corrected chi connectivity index (χ1v) is 10.0. The number of aryl methyl sites for hydroxylation is 1. The van der Waals surface area contributed by atoms with Crippen LogP contribution in [0, 0.1) is 6.92 Å². The molecule has 0 radical (unpaired) electrons. The third-order valence-corrected chi connectivity index (χ3v) is 5.23. The van der Waals surface area contributed by atoms with Crippen LogP contribution in [0.25, 0.3) is 22.3 Å². The van der Waals surface area contributed by atoms with E-state index in [1.54, 1.807) is 48.7 Å².